The lowest BCUT2D eigenvalue weighted by molar-refractivity contribution is 0.285. The Balaban J connectivity index is 1.36. The quantitative estimate of drug-likeness (QED) is 0.459. The van der Waals surface area contributed by atoms with E-state index in [0.29, 0.717) is 30.8 Å². The Morgan fingerprint density at radius 3 is 2.80 bits per heavy atom. The first kappa shape index (κ1) is 20.2. The number of imidazole rings is 1. The Morgan fingerprint density at radius 2 is 2.10 bits per heavy atom. The predicted octanol–water partition coefficient (Wildman–Crippen LogP) is 3.93. The zero-order valence-electron chi connectivity index (χ0n) is 17.7. The molecule has 1 heterocycles. The standard InChI is InChI=1S/C23H28FN5O/c1-15(17-10-11-21(18(24)12-17)30-14-16-8-9-16)27-23(25-2)26-13-22-28-19-6-4-5-7-20(19)29(22)3/h4-7,10-12,15-16H,8-9,13-14H2,1-3H3,(H2,25,26,27). The molecule has 1 aromatic heterocycles. The van der Waals surface area contributed by atoms with Gasteiger partial charge < -0.3 is 19.9 Å². The van der Waals surface area contributed by atoms with Crippen LogP contribution < -0.4 is 15.4 Å². The van der Waals surface area contributed by atoms with E-state index in [4.69, 9.17) is 4.74 Å². The molecule has 0 spiro atoms. The average molecular weight is 410 g/mol. The van der Waals surface area contributed by atoms with E-state index in [0.717, 1.165) is 22.4 Å². The summed E-state index contributed by atoms with van der Waals surface area (Å²) in [5.41, 5.74) is 2.88. The van der Waals surface area contributed by atoms with E-state index in [9.17, 15) is 4.39 Å². The van der Waals surface area contributed by atoms with Gasteiger partial charge in [0, 0.05) is 14.1 Å². The maximum absolute atomic E-state index is 14.4. The fraction of sp³-hybridized carbons (Fsp3) is 0.391. The largest absolute Gasteiger partial charge is 0.490 e. The molecule has 158 valence electrons. The molecule has 4 rings (SSSR count). The van der Waals surface area contributed by atoms with Crippen LogP contribution in [-0.2, 0) is 13.6 Å². The molecule has 3 aromatic rings. The maximum Gasteiger partial charge on any atom is 0.191 e. The zero-order chi connectivity index (χ0) is 21.1. The van der Waals surface area contributed by atoms with Gasteiger partial charge in [-0.1, -0.05) is 18.2 Å². The van der Waals surface area contributed by atoms with Crippen LogP contribution in [0.25, 0.3) is 11.0 Å². The smallest absolute Gasteiger partial charge is 0.191 e. The fourth-order valence-electron chi connectivity index (χ4n) is 3.39. The van der Waals surface area contributed by atoms with Crippen LogP contribution in [0.5, 0.6) is 5.75 Å². The van der Waals surface area contributed by atoms with Crippen molar-refractivity contribution in [2.24, 2.45) is 18.0 Å². The van der Waals surface area contributed by atoms with Crippen molar-refractivity contribution < 1.29 is 9.13 Å². The Labute approximate surface area is 176 Å². The Morgan fingerprint density at radius 1 is 1.30 bits per heavy atom. The molecular weight excluding hydrogens is 381 g/mol. The van der Waals surface area contributed by atoms with E-state index < -0.39 is 0 Å². The first-order valence-electron chi connectivity index (χ1n) is 10.3. The lowest BCUT2D eigenvalue weighted by Crippen LogP contribution is -2.38. The van der Waals surface area contributed by atoms with E-state index in [-0.39, 0.29) is 11.9 Å². The molecule has 6 nitrogen and oxygen atoms in total. The van der Waals surface area contributed by atoms with Gasteiger partial charge in [0.2, 0.25) is 0 Å². The molecular formula is C23H28FN5O. The lowest BCUT2D eigenvalue weighted by atomic mass is 10.1. The molecule has 1 fully saturated rings. The van der Waals surface area contributed by atoms with Crippen LogP contribution in [0.4, 0.5) is 4.39 Å². The number of guanidine groups is 1. The number of benzene rings is 2. The first-order valence-corrected chi connectivity index (χ1v) is 10.3. The van der Waals surface area contributed by atoms with Crippen LogP contribution in [-0.4, -0.2) is 29.2 Å². The molecule has 1 unspecified atom stereocenters. The molecule has 30 heavy (non-hydrogen) atoms. The number of nitrogens with zero attached hydrogens (tertiary/aromatic N) is 3. The number of nitrogens with one attached hydrogen (secondary N) is 2. The van der Waals surface area contributed by atoms with Gasteiger partial charge in [-0.25, -0.2) is 9.37 Å². The maximum atomic E-state index is 14.4. The molecule has 0 saturated heterocycles. The number of ether oxygens (including phenoxy) is 1. The fourth-order valence-corrected chi connectivity index (χ4v) is 3.39. The van der Waals surface area contributed by atoms with Crippen LogP contribution in [0.1, 0.15) is 37.2 Å². The molecule has 1 aliphatic carbocycles. The van der Waals surface area contributed by atoms with Gasteiger partial charge in [0.15, 0.2) is 17.5 Å². The summed E-state index contributed by atoms with van der Waals surface area (Å²) in [6.07, 6.45) is 2.36. The molecule has 0 amide bonds. The second-order valence-corrected chi connectivity index (χ2v) is 7.81. The van der Waals surface area contributed by atoms with Gasteiger partial charge in [-0.15, -0.1) is 0 Å². The molecule has 2 N–H and O–H groups in total. The minimum absolute atomic E-state index is 0.122. The Bertz CT molecular complexity index is 1060. The summed E-state index contributed by atoms with van der Waals surface area (Å²) in [4.78, 5) is 8.95. The number of rotatable bonds is 7. The SMILES string of the molecule is CN=C(NCc1nc2ccccc2n1C)NC(C)c1ccc(OCC2CC2)c(F)c1. The molecule has 0 radical (unpaired) electrons. The van der Waals surface area contributed by atoms with Gasteiger partial charge in [-0.05, 0) is 55.5 Å². The lowest BCUT2D eigenvalue weighted by Gasteiger charge is -2.19. The Kier molecular flexibility index (Phi) is 5.88. The number of aromatic nitrogens is 2. The van der Waals surface area contributed by atoms with E-state index in [1.54, 1.807) is 13.1 Å². The van der Waals surface area contributed by atoms with Crippen LogP contribution in [0.15, 0.2) is 47.5 Å². The third-order valence-electron chi connectivity index (χ3n) is 5.50. The molecule has 0 aliphatic heterocycles. The molecule has 1 aliphatic rings. The van der Waals surface area contributed by atoms with E-state index in [1.165, 1.54) is 18.9 Å². The Hall–Kier alpha value is -3.09. The third-order valence-corrected chi connectivity index (χ3v) is 5.50. The summed E-state index contributed by atoms with van der Waals surface area (Å²) in [6, 6.07) is 13.0. The van der Waals surface area contributed by atoms with E-state index in [1.807, 2.05) is 44.3 Å². The second kappa shape index (κ2) is 8.73. The molecule has 1 saturated carbocycles. The summed E-state index contributed by atoms with van der Waals surface area (Å²) in [5.74, 6) is 2.13. The van der Waals surface area contributed by atoms with Crippen molar-refractivity contribution in [2.75, 3.05) is 13.7 Å². The number of halogens is 1. The highest BCUT2D eigenvalue weighted by Gasteiger charge is 2.22. The number of aliphatic imine (C=N–C) groups is 1. The number of hydrogen-bond donors (Lipinski definition) is 2. The van der Waals surface area contributed by atoms with E-state index >= 15 is 0 Å². The summed E-state index contributed by atoms with van der Waals surface area (Å²) in [6.45, 7) is 3.10. The number of hydrogen-bond acceptors (Lipinski definition) is 3. The molecule has 7 heteroatoms. The van der Waals surface area contributed by atoms with Crippen molar-refractivity contribution in [1.82, 2.24) is 20.2 Å². The second-order valence-electron chi connectivity index (χ2n) is 7.81. The third kappa shape index (κ3) is 4.56. The van der Waals surface area contributed by atoms with Crippen molar-refractivity contribution in [2.45, 2.75) is 32.4 Å². The van der Waals surface area contributed by atoms with Gasteiger partial charge in [-0.3, -0.25) is 4.99 Å². The summed E-state index contributed by atoms with van der Waals surface area (Å²) in [5, 5.41) is 6.60. The number of fused-ring (bicyclic) bond motifs is 1. The topological polar surface area (TPSA) is 63.5 Å². The highest BCUT2D eigenvalue weighted by molar-refractivity contribution is 5.80. The van der Waals surface area contributed by atoms with Crippen LogP contribution in [0.3, 0.4) is 0 Å². The van der Waals surface area contributed by atoms with Crippen LogP contribution in [0.2, 0.25) is 0 Å². The van der Waals surface area contributed by atoms with Gasteiger partial charge >= 0.3 is 0 Å². The highest BCUT2D eigenvalue weighted by Crippen LogP contribution is 2.30. The molecule has 0 bridgehead atoms. The summed E-state index contributed by atoms with van der Waals surface area (Å²) >= 11 is 0. The van der Waals surface area contributed by atoms with Crippen LogP contribution in [0, 0.1) is 11.7 Å². The predicted molar refractivity (Wildman–Crippen MR) is 117 cm³/mol. The van der Waals surface area contributed by atoms with Gasteiger partial charge in [-0.2, -0.15) is 0 Å². The normalized spacial score (nSPS) is 15.3. The number of para-hydroxylation sites is 2. The monoisotopic (exact) mass is 409 g/mol. The first-order chi connectivity index (χ1) is 14.5. The van der Waals surface area contributed by atoms with Crippen molar-refractivity contribution in [3.63, 3.8) is 0 Å². The minimum atomic E-state index is -0.329. The van der Waals surface area contributed by atoms with Crippen molar-refractivity contribution >= 4 is 17.0 Å². The minimum Gasteiger partial charge on any atom is -0.490 e. The van der Waals surface area contributed by atoms with Gasteiger partial charge in [0.1, 0.15) is 5.82 Å². The molecule has 2 aromatic carbocycles. The van der Waals surface area contributed by atoms with E-state index in [2.05, 4.69) is 25.2 Å². The van der Waals surface area contributed by atoms with Crippen molar-refractivity contribution in [3.05, 3.63) is 59.7 Å². The van der Waals surface area contributed by atoms with Gasteiger partial charge in [0.25, 0.3) is 0 Å². The summed E-state index contributed by atoms with van der Waals surface area (Å²) < 4.78 is 22.1. The van der Waals surface area contributed by atoms with Crippen molar-refractivity contribution in [1.29, 1.82) is 0 Å². The van der Waals surface area contributed by atoms with Crippen molar-refractivity contribution in [3.8, 4) is 5.75 Å². The van der Waals surface area contributed by atoms with Gasteiger partial charge in [0.05, 0.1) is 30.2 Å². The zero-order valence-corrected chi connectivity index (χ0v) is 17.7. The number of aryl methyl sites for hydroxylation is 1. The average Bonchev–Trinajstić information content (AvgIpc) is 3.53. The highest BCUT2D eigenvalue weighted by atomic mass is 19.1. The van der Waals surface area contributed by atoms with Crippen LogP contribution >= 0.6 is 0 Å². The molecule has 1 atom stereocenters. The summed E-state index contributed by atoms with van der Waals surface area (Å²) in [7, 11) is 3.72.